The average molecular weight is 344 g/mol. The van der Waals surface area contributed by atoms with E-state index >= 15 is 0 Å². The van der Waals surface area contributed by atoms with Crippen LogP contribution in [0.3, 0.4) is 0 Å². The van der Waals surface area contributed by atoms with Crippen LogP contribution in [0.15, 0.2) is 24.3 Å². The SMILES string of the molecule is COc1ccc(C2C(C(=O)N3CCCCCC3)CCC(=O)N2C)cc1. The molecule has 2 amide bonds. The lowest BCUT2D eigenvalue weighted by molar-refractivity contribution is -0.146. The highest BCUT2D eigenvalue weighted by Gasteiger charge is 2.40. The Kier molecular flexibility index (Phi) is 5.61. The fourth-order valence-corrected chi connectivity index (χ4v) is 4.08. The molecule has 2 aliphatic rings. The lowest BCUT2D eigenvalue weighted by Crippen LogP contribution is -2.47. The molecule has 0 radical (unpaired) electrons. The number of piperidine rings is 1. The van der Waals surface area contributed by atoms with Gasteiger partial charge < -0.3 is 14.5 Å². The van der Waals surface area contributed by atoms with Gasteiger partial charge in [-0.1, -0.05) is 25.0 Å². The number of benzene rings is 1. The van der Waals surface area contributed by atoms with Gasteiger partial charge in [0.1, 0.15) is 5.75 Å². The molecule has 0 aromatic heterocycles. The van der Waals surface area contributed by atoms with Crippen molar-refractivity contribution in [1.29, 1.82) is 0 Å². The van der Waals surface area contributed by atoms with E-state index in [1.165, 1.54) is 12.8 Å². The molecule has 2 fully saturated rings. The third-order valence-electron chi connectivity index (χ3n) is 5.55. The third kappa shape index (κ3) is 3.80. The molecule has 2 aliphatic heterocycles. The maximum Gasteiger partial charge on any atom is 0.228 e. The number of nitrogens with zero attached hydrogens (tertiary/aromatic N) is 2. The molecular formula is C20H28N2O3. The number of amides is 2. The highest BCUT2D eigenvalue weighted by atomic mass is 16.5. The number of hydrogen-bond donors (Lipinski definition) is 0. The lowest BCUT2D eigenvalue weighted by Gasteiger charge is -2.40. The van der Waals surface area contributed by atoms with Crippen LogP contribution in [0.1, 0.15) is 50.1 Å². The minimum Gasteiger partial charge on any atom is -0.497 e. The Hall–Kier alpha value is -2.04. The Labute approximate surface area is 149 Å². The minimum atomic E-state index is -0.192. The van der Waals surface area contributed by atoms with Crippen LogP contribution in [0.5, 0.6) is 5.75 Å². The number of likely N-dealkylation sites (tertiary alicyclic amines) is 2. The molecule has 5 nitrogen and oxygen atoms in total. The summed E-state index contributed by atoms with van der Waals surface area (Å²) in [6, 6.07) is 7.55. The van der Waals surface area contributed by atoms with Gasteiger partial charge in [-0.15, -0.1) is 0 Å². The van der Waals surface area contributed by atoms with Crippen LogP contribution in [0.4, 0.5) is 0 Å². The zero-order valence-corrected chi connectivity index (χ0v) is 15.2. The van der Waals surface area contributed by atoms with Gasteiger partial charge in [0.05, 0.1) is 19.1 Å². The Balaban J connectivity index is 1.86. The minimum absolute atomic E-state index is 0.112. The van der Waals surface area contributed by atoms with Gasteiger partial charge in [0, 0.05) is 26.6 Å². The first-order valence-corrected chi connectivity index (χ1v) is 9.30. The molecule has 136 valence electrons. The average Bonchev–Trinajstić information content (AvgIpc) is 2.93. The number of rotatable bonds is 3. The van der Waals surface area contributed by atoms with E-state index in [1.54, 1.807) is 12.0 Å². The van der Waals surface area contributed by atoms with Crippen LogP contribution in [-0.2, 0) is 9.59 Å². The summed E-state index contributed by atoms with van der Waals surface area (Å²) in [5.41, 5.74) is 1.00. The lowest BCUT2D eigenvalue weighted by atomic mass is 9.83. The van der Waals surface area contributed by atoms with Gasteiger partial charge >= 0.3 is 0 Å². The monoisotopic (exact) mass is 344 g/mol. The molecule has 0 saturated carbocycles. The molecule has 2 heterocycles. The fraction of sp³-hybridized carbons (Fsp3) is 0.600. The summed E-state index contributed by atoms with van der Waals surface area (Å²) in [4.78, 5) is 29.3. The summed E-state index contributed by atoms with van der Waals surface area (Å²) < 4.78 is 5.23. The van der Waals surface area contributed by atoms with Crippen molar-refractivity contribution >= 4 is 11.8 Å². The number of methoxy groups -OCH3 is 1. The largest absolute Gasteiger partial charge is 0.497 e. The van der Waals surface area contributed by atoms with Crippen molar-refractivity contribution in [3.63, 3.8) is 0 Å². The van der Waals surface area contributed by atoms with Crippen molar-refractivity contribution in [2.45, 2.75) is 44.6 Å². The maximum atomic E-state index is 13.2. The van der Waals surface area contributed by atoms with E-state index < -0.39 is 0 Å². The third-order valence-corrected chi connectivity index (χ3v) is 5.55. The van der Waals surface area contributed by atoms with Crippen LogP contribution < -0.4 is 4.74 Å². The van der Waals surface area contributed by atoms with Crippen molar-refractivity contribution in [3.05, 3.63) is 29.8 Å². The van der Waals surface area contributed by atoms with E-state index in [2.05, 4.69) is 0 Å². The van der Waals surface area contributed by atoms with Gasteiger partial charge in [0.2, 0.25) is 11.8 Å². The second-order valence-electron chi connectivity index (χ2n) is 7.11. The molecule has 3 rings (SSSR count). The molecule has 2 saturated heterocycles. The first-order valence-electron chi connectivity index (χ1n) is 9.30. The first-order chi connectivity index (χ1) is 12.1. The van der Waals surface area contributed by atoms with E-state index in [0.29, 0.717) is 12.8 Å². The zero-order valence-electron chi connectivity index (χ0n) is 15.2. The highest BCUT2D eigenvalue weighted by Crippen LogP contribution is 2.37. The summed E-state index contributed by atoms with van der Waals surface area (Å²) in [6.45, 7) is 1.70. The van der Waals surface area contributed by atoms with Crippen molar-refractivity contribution in [2.75, 3.05) is 27.2 Å². The Morgan fingerprint density at radius 2 is 1.72 bits per heavy atom. The number of carbonyl (C=O) groups excluding carboxylic acids is 2. The van der Waals surface area contributed by atoms with Crippen LogP contribution in [0, 0.1) is 5.92 Å². The predicted molar refractivity (Wildman–Crippen MR) is 96.3 cm³/mol. The summed E-state index contributed by atoms with van der Waals surface area (Å²) in [7, 11) is 3.45. The Morgan fingerprint density at radius 1 is 1.08 bits per heavy atom. The quantitative estimate of drug-likeness (QED) is 0.847. The molecule has 0 spiro atoms. The van der Waals surface area contributed by atoms with Crippen molar-refractivity contribution < 1.29 is 14.3 Å². The summed E-state index contributed by atoms with van der Waals surface area (Å²) in [5, 5.41) is 0. The van der Waals surface area contributed by atoms with E-state index in [4.69, 9.17) is 4.74 Å². The zero-order chi connectivity index (χ0) is 17.8. The van der Waals surface area contributed by atoms with E-state index in [9.17, 15) is 9.59 Å². The molecule has 5 heteroatoms. The molecule has 1 aromatic carbocycles. The van der Waals surface area contributed by atoms with E-state index in [1.807, 2.05) is 36.2 Å². The van der Waals surface area contributed by atoms with Gasteiger partial charge in [-0.05, 0) is 37.0 Å². The highest BCUT2D eigenvalue weighted by molar-refractivity contribution is 5.85. The Bertz CT molecular complexity index is 606. The summed E-state index contributed by atoms with van der Waals surface area (Å²) >= 11 is 0. The second-order valence-corrected chi connectivity index (χ2v) is 7.11. The van der Waals surface area contributed by atoms with E-state index in [0.717, 1.165) is 37.2 Å². The molecule has 0 aliphatic carbocycles. The predicted octanol–water partition coefficient (Wildman–Crippen LogP) is 3.01. The number of hydrogen-bond acceptors (Lipinski definition) is 3. The fourth-order valence-electron chi connectivity index (χ4n) is 4.08. The van der Waals surface area contributed by atoms with Gasteiger partial charge in [-0.2, -0.15) is 0 Å². The van der Waals surface area contributed by atoms with Crippen LogP contribution in [0.25, 0.3) is 0 Å². The van der Waals surface area contributed by atoms with Crippen LogP contribution in [0.2, 0.25) is 0 Å². The molecule has 1 aromatic rings. The summed E-state index contributed by atoms with van der Waals surface area (Å²) in [5.74, 6) is 0.945. The molecule has 25 heavy (non-hydrogen) atoms. The van der Waals surface area contributed by atoms with Crippen LogP contribution in [-0.4, -0.2) is 48.9 Å². The van der Waals surface area contributed by atoms with Gasteiger partial charge in [0.25, 0.3) is 0 Å². The van der Waals surface area contributed by atoms with Gasteiger partial charge in [-0.3, -0.25) is 9.59 Å². The summed E-state index contributed by atoms with van der Waals surface area (Å²) in [6.07, 6.45) is 5.66. The topological polar surface area (TPSA) is 49.9 Å². The molecular weight excluding hydrogens is 316 g/mol. The van der Waals surface area contributed by atoms with Gasteiger partial charge in [-0.25, -0.2) is 0 Å². The maximum absolute atomic E-state index is 13.2. The van der Waals surface area contributed by atoms with Crippen molar-refractivity contribution in [3.8, 4) is 5.75 Å². The van der Waals surface area contributed by atoms with Crippen molar-refractivity contribution in [1.82, 2.24) is 9.80 Å². The number of carbonyl (C=O) groups is 2. The normalized spacial score (nSPS) is 24.8. The van der Waals surface area contributed by atoms with Crippen LogP contribution >= 0.6 is 0 Å². The molecule has 2 atom stereocenters. The standard InChI is InChI=1S/C20H28N2O3/c1-21-18(23)12-11-17(20(24)22-13-5-3-4-6-14-22)19(21)15-7-9-16(25-2)10-8-15/h7-10,17,19H,3-6,11-14H2,1-2H3. The second kappa shape index (κ2) is 7.89. The molecule has 2 unspecified atom stereocenters. The van der Waals surface area contributed by atoms with Gasteiger partial charge in [0.15, 0.2) is 0 Å². The number of ether oxygens (including phenoxy) is 1. The molecule has 0 bridgehead atoms. The molecule has 0 N–H and O–H groups in total. The smallest absolute Gasteiger partial charge is 0.228 e. The van der Waals surface area contributed by atoms with Crippen molar-refractivity contribution in [2.24, 2.45) is 5.92 Å². The first kappa shape index (κ1) is 17.8. The Morgan fingerprint density at radius 3 is 2.32 bits per heavy atom. The van der Waals surface area contributed by atoms with E-state index in [-0.39, 0.29) is 23.8 Å².